The van der Waals surface area contributed by atoms with Gasteiger partial charge in [0, 0.05) is 37.4 Å². The summed E-state index contributed by atoms with van der Waals surface area (Å²) in [5.74, 6) is -0.717. The summed E-state index contributed by atoms with van der Waals surface area (Å²) in [5.41, 5.74) is 1.79. The van der Waals surface area contributed by atoms with E-state index in [0.717, 1.165) is 23.0 Å². The highest BCUT2D eigenvalue weighted by Crippen LogP contribution is 2.19. The maximum atomic E-state index is 12.8. The fourth-order valence-electron chi connectivity index (χ4n) is 2.83. The van der Waals surface area contributed by atoms with Gasteiger partial charge in [-0.25, -0.2) is 9.48 Å². The molecule has 0 fully saturated rings. The minimum absolute atomic E-state index is 0.0356. The van der Waals surface area contributed by atoms with Gasteiger partial charge in [0.25, 0.3) is 0 Å². The van der Waals surface area contributed by atoms with E-state index >= 15 is 0 Å². The summed E-state index contributed by atoms with van der Waals surface area (Å²) in [5, 5.41) is 6.95. The maximum absolute atomic E-state index is 12.8. The number of nitrogens with zero attached hydrogens (tertiary/aromatic N) is 2. The summed E-state index contributed by atoms with van der Waals surface area (Å²) in [6.45, 7) is 5.32. The van der Waals surface area contributed by atoms with Crippen LogP contribution in [0.15, 0.2) is 42.7 Å². The Morgan fingerprint density at radius 2 is 1.90 bits per heavy atom. The first-order valence-electron chi connectivity index (χ1n) is 9.42. The third kappa shape index (κ3) is 6.74. The minimum Gasteiger partial charge on any atom is -0.467 e. The van der Waals surface area contributed by atoms with Crippen LogP contribution in [0.1, 0.15) is 26.3 Å². The molecule has 156 valence electrons. The van der Waals surface area contributed by atoms with E-state index in [4.69, 9.17) is 4.74 Å². The zero-order valence-corrected chi connectivity index (χ0v) is 17.9. The average molecular weight is 418 g/mol. The highest BCUT2D eigenvalue weighted by atomic mass is 32.2. The normalized spacial score (nSPS) is 13.0. The Morgan fingerprint density at radius 1 is 1.21 bits per heavy atom. The van der Waals surface area contributed by atoms with E-state index in [1.807, 2.05) is 50.4 Å². The van der Waals surface area contributed by atoms with Crippen LogP contribution in [0, 0.1) is 11.8 Å². The number of carbonyl (C=O) groups excluding carboxylic acids is 3. The molecule has 0 radical (unpaired) electrons. The summed E-state index contributed by atoms with van der Waals surface area (Å²) in [6.07, 6.45) is 3.85. The second-order valence-corrected chi connectivity index (χ2v) is 8.26. The van der Waals surface area contributed by atoms with Gasteiger partial charge in [0.15, 0.2) is 5.12 Å². The zero-order chi connectivity index (χ0) is 21.4. The number of aromatic nitrogens is 2. The molecule has 2 atom stereocenters. The second kappa shape index (κ2) is 10.8. The Labute approximate surface area is 175 Å². The lowest BCUT2D eigenvalue weighted by Gasteiger charge is -2.23. The summed E-state index contributed by atoms with van der Waals surface area (Å²) < 4.78 is 6.62. The van der Waals surface area contributed by atoms with Crippen molar-refractivity contribution in [2.24, 2.45) is 11.8 Å². The van der Waals surface area contributed by atoms with E-state index in [2.05, 4.69) is 10.4 Å². The van der Waals surface area contributed by atoms with Gasteiger partial charge in [0.05, 0.1) is 12.8 Å². The Kier molecular flexibility index (Phi) is 8.45. The highest BCUT2D eigenvalue weighted by molar-refractivity contribution is 8.13. The molecular weight excluding hydrogens is 390 g/mol. The number of carbonyl (C=O) groups is 3. The van der Waals surface area contributed by atoms with Crippen molar-refractivity contribution in [3.05, 3.63) is 48.3 Å². The molecule has 0 saturated heterocycles. The number of amides is 1. The predicted octanol–water partition coefficient (Wildman–Crippen LogP) is 2.62. The highest BCUT2D eigenvalue weighted by Gasteiger charge is 2.28. The van der Waals surface area contributed by atoms with Crippen molar-refractivity contribution in [2.45, 2.75) is 33.2 Å². The maximum Gasteiger partial charge on any atom is 0.328 e. The van der Waals surface area contributed by atoms with E-state index in [1.165, 1.54) is 14.0 Å². The zero-order valence-electron chi connectivity index (χ0n) is 17.1. The van der Waals surface area contributed by atoms with E-state index in [9.17, 15) is 14.4 Å². The van der Waals surface area contributed by atoms with Crippen molar-refractivity contribution in [1.29, 1.82) is 0 Å². The van der Waals surface area contributed by atoms with Crippen LogP contribution in [-0.2, 0) is 25.5 Å². The standard InChI is InChI=1S/C21H27N3O4S/c1-14(2)18(13-29-15(3)25)20(26)23-19(21(27)28-4)12-16-6-8-17(9-7-16)24-11-5-10-22-24/h5-11,14,18-19H,12-13H2,1-4H3,(H,23,26)/t18?,19-/m0/s1. The number of ether oxygens (including phenoxy) is 1. The smallest absolute Gasteiger partial charge is 0.328 e. The van der Waals surface area contributed by atoms with E-state index in [1.54, 1.807) is 10.9 Å². The quantitative estimate of drug-likeness (QED) is 0.631. The largest absolute Gasteiger partial charge is 0.467 e. The van der Waals surface area contributed by atoms with Gasteiger partial charge in [-0.05, 0) is 29.7 Å². The van der Waals surface area contributed by atoms with Gasteiger partial charge in [0.2, 0.25) is 5.91 Å². The number of methoxy groups -OCH3 is 1. The lowest BCUT2D eigenvalue weighted by Crippen LogP contribution is -2.47. The van der Waals surface area contributed by atoms with Crippen LogP contribution >= 0.6 is 11.8 Å². The molecule has 29 heavy (non-hydrogen) atoms. The number of hydrogen-bond acceptors (Lipinski definition) is 6. The van der Waals surface area contributed by atoms with Crippen molar-refractivity contribution < 1.29 is 19.1 Å². The number of thioether (sulfide) groups is 1. The third-order valence-corrected chi connectivity index (χ3v) is 5.49. The lowest BCUT2D eigenvalue weighted by atomic mass is 9.96. The van der Waals surface area contributed by atoms with E-state index in [0.29, 0.717) is 12.2 Å². The molecule has 1 amide bonds. The molecule has 1 aromatic carbocycles. The molecule has 1 N–H and O–H groups in total. The molecule has 0 aliphatic heterocycles. The summed E-state index contributed by atoms with van der Waals surface area (Å²) in [6, 6.07) is 8.63. The monoisotopic (exact) mass is 417 g/mol. The number of hydrogen-bond donors (Lipinski definition) is 1. The van der Waals surface area contributed by atoms with Crippen LogP contribution in [-0.4, -0.2) is 45.7 Å². The molecule has 2 rings (SSSR count). The molecule has 0 aliphatic rings. The van der Waals surface area contributed by atoms with E-state index in [-0.39, 0.29) is 22.9 Å². The van der Waals surface area contributed by atoms with Gasteiger partial charge in [-0.15, -0.1) is 0 Å². The van der Waals surface area contributed by atoms with Crippen LogP contribution in [0.3, 0.4) is 0 Å². The molecule has 2 aromatic rings. The van der Waals surface area contributed by atoms with Crippen LogP contribution in [0.25, 0.3) is 5.69 Å². The van der Waals surface area contributed by atoms with Crippen molar-refractivity contribution in [1.82, 2.24) is 15.1 Å². The molecule has 8 heteroatoms. The third-order valence-electron chi connectivity index (χ3n) is 4.55. The molecule has 0 aliphatic carbocycles. The van der Waals surface area contributed by atoms with Gasteiger partial charge in [-0.1, -0.05) is 37.7 Å². The van der Waals surface area contributed by atoms with Crippen LogP contribution in [0.2, 0.25) is 0 Å². The SMILES string of the molecule is COC(=O)[C@H](Cc1ccc(-n2cccn2)cc1)NC(=O)C(CSC(C)=O)C(C)C. The molecule has 0 saturated carbocycles. The summed E-state index contributed by atoms with van der Waals surface area (Å²) >= 11 is 1.12. The van der Waals surface area contributed by atoms with Crippen molar-refractivity contribution in [2.75, 3.05) is 12.9 Å². The Hall–Kier alpha value is -2.61. The van der Waals surface area contributed by atoms with Crippen LogP contribution in [0.4, 0.5) is 0 Å². The number of benzene rings is 1. The Balaban J connectivity index is 2.09. The van der Waals surface area contributed by atoms with Gasteiger partial charge in [-0.2, -0.15) is 5.10 Å². The minimum atomic E-state index is -0.799. The predicted molar refractivity (Wildman–Crippen MR) is 113 cm³/mol. The number of nitrogens with one attached hydrogen (secondary N) is 1. The topological polar surface area (TPSA) is 90.3 Å². The average Bonchev–Trinajstić information content (AvgIpc) is 3.21. The molecule has 7 nitrogen and oxygen atoms in total. The van der Waals surface area contributed by atoms with Crippen LogP contribution in [0.5, 0.6) is 0 Å². The second-order valence-electron chi connectivity index (χ2n) is 7.06. The summed E-state index contributed by atoms with van der Waals surface area (Å²) in [7, 11) is 1.30. The molecule has 0 spiro atoms. The van der Waals surface area contributed by atoms with E-state index < -0.39 is 12.0 Å². The van der Waals surface area contributed by atoms with Gasteiger partial charge in [0.1, 0.15) is 6.04 Å². The van der Waals surface area contributed by atoms with Crippen molar-refractivity contribution in [3.8, 4) is 5.69 Å². The van der Waals surface area contributed by atoms with Gasteiger partial charge in [-0.3, -0.25) is 9.59 Å². The van der Waals surface area contributed by atoms with Crippen molar-refractivity contribution in [3.63, 3.8) is 0 Å². The van der Waals surface area contributed by atoms with Crippen LogP contribution < -0.4 is 5.32 Å². The molecule has 1 unspecified atom stereocenters. The molecule has 1 aromatic heterocycles. The first kappa shape index (κ1) is 22.7. The molecular formula is C21H27N3O4S. The Bertz CT molecular complexity index is 819. The summed E-state index contributed by atoms with van der Waals surface area (Å²) in [4.78, 5) is 36.3. The lowest BCUT2D eigenvalue weighted by molar-refractivity contribution is -0.145. The van der Waals surface area contributed by atoms with Gasteiger partial charge < -0.3 is 10.1 Å². The Morgan fingerprint density at radius 3 is 2.41 bits per heavy atom. The van der Waals surface area contributed by atoms with Crippen molar-refractivity contribution >= 4 is 28.8 Å². The number of rotatable bonds is 9. The first-order chi connectivity index (χ1) is 13.8. The number of esters is 1. The fraction of sp³-hybridized carbons (Fsp3) is 0.429. The molecule has 1 heterocycles. The fourth-order valence-corrected chi connectivity index (χ4v) is 3.78. The first-order valence-corrected chi connectivity index (χ1v) is 10.4. The van der Waals surface area contributed by atoms with Gasteiger partial charge >= 0.3 is 5.97 Å². The molecule has 0 bridgehead atoms.